The normalized spacial score (nSPS) is 17.4. The van der Waals surface area contributed by atoms with Crippen molar-refractivity contribution >= 4 is 15.8 Å². The number of benzene rings is 1. The van der Waals surface area contributed by atoms with Gasteiger partial charge in [-0.05, 0) is 12.1 Å². The molecule has 24 heavy (non-hydrogen) atoms. The fourth-order valence-corrected chi connectivity index (χ4v) is 4.06. The van der Waals surface area contributed by atoms with Gasteiger partial charge in [-0.15, -0.1) is 0 Å². The molecule has 1 aromatic carbocycles. The predicted molar refractivity (Wildman–Crippen MR) is 90.8 cm³/mol. The van der Waals surface area contributed by atoms with E-state index < -0.39 is 15.4 Å². The number of Topliss-reactive ketones (excluding diaryl/α,β-unsaturated/α-hetero) is 1. The summed E-state index contributed by atoms with van der Waals surface area (Å²) in [5.41, 5.74) is -0.238. The maximum atomic E-state index is 12.7. The molecule has 0 aliphatic carbocycles. The second-order valence-electron chi connectivity index (χ2n) is 6.96. The molecule has 0 atom stereocenters. The molecule has 1 heterocycles. The van der Waals surface area contributed by atoms with Crippen LogP contribution in [-0.4, -0.2) is 56.1 Å². The zero-order valence-electron chi connectivity index (χ0n) is 14.3. The molecule has 1 aromatic rings. The van der Waals surface area contributed by atoms with Gasteiger partial charge in [0.25, 0.3) is 0 Å². The van der Waals surface area contributed by atoms with Crippen LogP contribution in [-0.2, 0) is 14.8 Å². The van der Waals surface area contributed by atoms with Crippen molar-refractivity contribution in [1.82, 2.24) is 9.21 Å². The molecule has 7 heteroatoms. The highest BCUT2D eigenvalue weighted by molar-refractivity contribution is 7.89. The Kier molecular flexibility index (Phi) is 5.43. The molecule has 0 bridgehead atoms. The number of carbonyl (C=O) groups is 1. The molecule has 1 fully saturated rings. The quantitative estimate of drug-likeness (QED) is 0.822. The molecule has 0 N–H and O–H groups in total. The molecule has 0 radical (unpaired) electrons. The third-order valence-electron chi connectivity index (χ3n) is 4.16. The predicted octanol–water partition coefficient (Wildman–Crippen LogP) is 1.48. The van der Waals surface area contributed by atoms with Crippen molar-refractivity contribution in [3.8, 4) is 6.07 Å². The van der Waals surface area contributed by atoms with E-state index in [0.29, 0.717) is 32.7 Å². The minimum Gasteiger partial charge on any atom is -0.298 e. The van der Waals surface area contributed by atoms with Gasteiger partial charge in [0.1, 0.15) is 6.07 Å². The second-order valence-corrected chi connectivity index (χ2v) is 8.87. The maximum Gasteiger partial charge on any atom is 0.244 e. The van der Waals surface area contributed by atoms with E-state index in [0.717, 1.165) is 0 Å². The Morgan fingerprint density at radius 1 is 1.17 bits per heavy atom. The third kappa shape index (κ3) is 4.01. The number of hydrogen-bond acceptors (Lipinski definition) is 5. The number of nitrogens with zero attached hydrogens (tertiary/aromatic N) is 3. The van der Waals surface area contributed by atoms with Crippen molar-refractivity contribution in [3.05, 3.63) is 29.8 Å². The fraction of sp³-hybridized carbons (Fsp3) is 0.529. The van der Waals surface area contributed by atoms with Crippen molar-refractivity contribution in [2.24, 2.45) is 5.41 Å². The van der Waals surface area contributed by atoms with Gasteiger partial charge >= 0.3 is 0 Å². The first-order valence-electron chi connectivity index (χ1n) is 7.91. The van der Waals surface area contributed by atoms with E-state index in [1.54, 1.807) is 12.1 Å². The molecule has 1 aliphatic heterocycles. The van der Waals surface area contributed by atoms with Crippen LogP contribution in [0.3, 0.4) is 0 Å². The highest BCUT2D eigenvalue weighted by Crippen LogP contribution is 2.21. The van der Waals surface area contributed by atoms with Gasteiger partial charge in [0.05, 0.1) is 17.0 Å². The van der Waals surface area contributed by atoms with Gasteiger partial charge in [0, 0.05) is 31.6 Å². The van der Waals surface area contributed by atoms with Gasteiger partial charge in [-0.3, -0.25) is 9.69 Å². The highest BCUT2D eigenvalue weighted by Gasteiger charge is 2.31. The SMILES string of the molecule is CC(C)(C)C(=O)CN1CCN(S(=O)(=O)c2ccccc2C#N)CC1. The second kappa shape index (κ2) is 7.01. The Balaban J connectivity index is 2.07. The van der Waals surface area contributed by atoms with Crippen LogP contribution in [0.15, 0.2) is 29.2 Å². The molecule has 0 aromatic heterocycles. The number of sulfonamides is 1. The minimum atomic E-state index is -3.69. The van der Waals surface area contributed by atoms with Gasteiger partial charge in [-0.25, -0.2) is 8.42 Å². The monoisotopic (exact) mass is 349 g/mol. The largest absolute Gasteiger partial charge is 0.298 e. The van der Waals surface area contributed by atoms with Crippen LogP contribution >= 0.6 is 0 Å². The average Bonchev–Trinajstić information content (AvgIpc) is 2.54. The van der Waals surface area contributed by atoms with Crippen molar-refractivity contribution < 1.29 is 13.2 Å². The maximum absolute atomic E-state index is 12.7. The van der Waals surface area contributed by atoms with E-state index in [-0.39, 0.29) is 16.2 Å². The Labute approximate surface area is 143 Å². The lowest BCUT2D eigenvalue weighted by molar-refractivity contribution is -0.127. The van der Waals surface area contributed by atoms with Gasteiger partial charge < -0.3 is 0 Å². The molecular formula is C17H23N3O3S. The topological polar surface area (TPSA) is 81.5 Å². The van der Waals surface area contributed by atoms with Crippen molar-refractivity contribution in [2.75, 3.05) is 32.7 Å². The fourth-order valence-electron chi connectivity index (χ4n) is 2.49. The van der Waals surface area contributed by atoms with Crippen molar-refractivity contribution in [3.63, 3.8) is 0 Å². The molecule has 1 saturated heterocycles. The van der Waals surface area contributed by atoms with E-state index in [4.69, 9.17) is 5.26 Å². The third-order valence-corrected chi connectivity index (χ3v) is 6.12. The first-order valence-corrected chi connectivity index (χ1v) is 9.35. The molecular weight excluding hydrogens is 326 g/mol. The van der Waals surface area contributed by atoms with E-state index in [1.807, 2.05) is 31.7 Å². The van der Waals surface area contributed by atoms with E-state index in [9.17, 15) is 13.2 Å². The zero-order valence-corrected chi connectivity index (χ0v) is 15.1. The van der Waals surface area contributed by atoms with Crippen LogP contribution in [0.4, 0.5) is 0 Å². The summed E-state index contributed by atoms with van der Waals surface area (Å²) >= 11 is 0. The number of hydrogen-bond donors (Lipinski definition) is 0. The number of carbonyl (C=O) groups excluding carboxylic acids is 1. The van der Waals surface area contributed by atoms with Crippen LogP contribution in [0.2, 0.25) is 0 Å². The van der Waals surface area contributed by atoms with Gasteiger partial charge in [0.2, 0.25) is 10.0 Å². The van der Waals surface area contributed by atoms with Gasteiger partial charge in [-0.2, -0.15) is 9.57 Å². The molecule has 0 saturated carbocycles. The summed E-state index contributed by atoms with van der Waals surface area (Å²) in [5.74, 6) is 0.147. The smallest absolute Gasteiger partial charge is 0.244 e. The molecule has 6 nitrogen and oxygen atoms in total. The summed E-state index contributed by atoms with van der Waals surface area (Å²) in [7, 11) is -3.69. The van der Waals surface area contributed by atoms with E-state index in [1.165, 1.54) is 16.4 Å². The number of nitriles is 1. The van der Waals surface area contributed by atoms with Crippen molar-refractivity contribution in [1.29, 1.82) is 5.26 Å². The Morgan fingerprint density at radius 3 is 2.29 bits per heavy atom. The van der Waals surface area contributed by atoms with Crippen LogP contribution in [0.5, 0.6) is 0 Å². The molecule has 2 rings (SSSR count). The minimum absolute atomic E-state index is 0.0479. The molecule has 1 aliphatic rings. The van der Waals surface area contributed by atoms with Crippen LogP contribution < -0.4 is 0 Å². The molecule has 0 amide bonds. The Bertz CT molecular complexity index is 752. The number of piperazine rings is 1. The lowest BCUT2D eigenvalue weighted by Gasteiger charge is -2.34. The molecule has 0 spiro atoms. The van der Waals surface area contributed by atoms with Crippen LogP contribution in [0, 0.1) is 16.7 Å². The van der Waals surface area contributed by atoms with Gasteiger partial charge in [0.15, 0.2) is 5.78 Å². The highest BCUT2D eigenvalue weighted by atomic mass is 32.2. The summed E-state index contributed by atoms with van der Waals surface area (Å²) in [6, 6.07) is 8.16. The molecule has 130 valence electrons. The lowest BCUT2D eigenvalue weighted by Crippen LogP contribution is -2.50. The van der Waals surface area contributed by atoms with Crippen LogP contribution in [0.25, 0.3) is 0 Å². The Morgan fingerprint density at radius 2 is 1.75 bits per heavy atom. The lowest BCUT2D eigenvalue weighted by atomic mass is 9.90. The van der Waals surface area contributed by atoms with Gasteiger partial charge in [-0.1, -0.05) is 32.9 Å². The molecule has 0 unspecified atom stereocenters. The summed E-state index contributed by atoms with van der Waals surface area (Å²) in [6.45, 7) is 7.65. The number of rotatable bonds is 4. The zero-order chi connectivity index (χ0) is 18.0. The standard InChI is InChI=1S/C17H23N3O3S/c1-17(2,3)16(21)13-19-8-10-20(11-9-19)24(22,23)15-7-5-4-6-14(15)12-18/h4-7H,8-11,13H2,1-3H3. The van der Waals surface area contributed by atoms with Crippen LogP contribution in [0.1, 0.15) is 26.3 Å². The van der Waals surface area contributed by atoms with Crippen molar-refractivity contribution in [2.45, 2.75) is 25.7 Å². The first kappa shape index (κ1) is 18.6. The number of ketones is 1. The summed E-state index contributed by atoms with van der Waals surface area (Å²) in [6.07, 6.45) is 0. The average molecular weight is 349 g/mol. The van der Waals surface area contributed by atoms with E-state index in [2.05, 4.69) is 0 Å². The summed E-state index contributed by atoms with van der Waals surface area (Å²) in [5, 5.41) is 9.12. The Hall–Kier alpha value is -1.75. The summed E-state index contributed by atoms with van der Waals surface area (Å²) in [4.78, 5) is 14.1. The first-order chi connectivity index (χ1) is 11.2. The summed E-state index contributed by atoms with van der Waals surface area (Å²) < 4.78 is 26.9. The van der Waals surface area contributed by atoms with E-state index >= 15 is 0 Å².